The minimum atomic E-state index is -0.443. The van der Waals surface area contributed by atoms with Gasteiger partial charge in [0, 0.05) is 6.54 Å². The lowest BCUT2D eigenvalue weighted by Crippen LogP contribution is -2.24. The van der Waals surface area contributed by atoms with Crippen LogP contribution < -0.4 is 15.8 Å². The SMILES string of the molecule is COc1ccc(CNC(=O)c2nnn(-c3ccc(F)cc3)c2N)cc1. The predicted octanol–water partition coefficient (Wildman–Crippen LogP) is 1.93. The first-order chi connectivity index (χ1) is 12.1. The molecule has 1 heterocycles. The molecular formula is C17H16FN5O2. The van der Waals surface area contributed by atoms with Gasteiger partial charge in [0.15, 0.2) is 11.5 Å². The van der Waals surface area contributed by atoms with Crippen LogP contribution in [-0.4, -0.2) is 28.0 Å². The van der Waals surface area contributed by atoms with Crippen molar-refractivity contribution in [1.29, 1.82) is 0 Å². The molecule has 1 aromatic heterocycles. The van der Waals surface area contributed by atoms with Crippen LogP contribution in [0.25, 0.3) is 5.69 Å². The van der Waals surface area contributed by atoms with Crippen LogP contribution in [0.2, 0.25) is 0 Å². The normalized spacial score (nSPS) is 10.5. The zero-order valence-corrected chi connectivity index (χ0v) is 13.4. The van der Waals surface area contributed by atoms with E-state index in [1.807, 2.05) is 12.1 Å². The largest absolute Gasteiger partial charge is 0.497 e. The Morgan fingerprint density at radius 3 is 2.52 bits per heavy atom. The summed E-state index contributed by atoms with van der Waals surface area (Å²) in [5, 5.41) is 10.4. The maximum atomic E-state index is 13.0. The summed E-state index contributed by atoms with van der Waals surface area (Å²) in [5.74, 6) is 0.00183. The Bertz CT molecular complexity index is 875. The second kappa shape index (κ2) is 7.00. The van der Waals surface area contributed by atoms with Crippen LogP contribution in [0.4, 0.5) is 10.2 Å². The monoisotopic (exact) mass is 341 g/mol. The summed E-state index contributed by atoms with van der Waals surface area (Å²) in [6, 6.07) is 12.9. The number of anilines is 1. The third-order valence-electron chi connectivity index (χ3n) is 3.60. The van der Waals surface area contributed by atoms with Crippen LogP contribution >= 0.6 is 0 Å². The fraction of sp³-hybridized carbons (Fsp3) is 0.118. The van der Waals surface area contributed by atoms with Gasteiger partial charge in [-0.3, -0.25) is 4.79 Å². The lowest BCUT2D eigenvalue weighted by Gasteiger charge is -2.06. The minimum absolute atomic E-state index is 0.0119. The Morgan fingerprint density at radius 1 is 1.20 bits per heavy atom. The first-order valence-electron chi connectivity index (χ1n) is 7.46. The van der Waals surface area contributed by atoms with Gasteiger partial charge in [0.25, 0.3) is 5.91 Å². The second-order valence-corrected chi connectivity index (χ2v) is 5.24. The Kier molecular flexibility index (Phi) is 4.60. The van der Waals surface area contributed by atoms with Crippen LogP contribution in [-0.2, 0) is 6.54 Å². The molecule has 0 aliphatic carbocycles. The quantitative estimate of drug-likeness (QED) is 0.739. The van der Waals surface area contributed by atoms with Crippen molar-refractivity contribution in [1.82, 2.24) is 20.3 Å². The lowest BCUT2D eigenvalue weighted by atomic mass is 10.2. The van der Waals surface area contributed by atoms with Crippen molar-refractivity contribution < 1.29 is 13.9 Å². The molecule has 3 N–H and O–H groups in total. The Labute approximate surface area is 143 Å². The van der Waals surface area contributed by atoms with E-state index in [0.717, 1.165) is 11.3 Å². The molecule has 7 nitrogen and oxygen atoms in total. The predicted molar refractivity (Wildman–Crippen MR) is 89.9 cm³/mol. The highest BCUT2D eigenvalue weighted by molar-refractivity contribution is 5.96. The maximum Gasteiger partial charge on any atom is 0.275 e. The Hall–Kier alpha value is -3.42. The molecule has 0 atom stereocenters. The number of aromatic nitrogens is 3. The molecule has 0 unspecified atom stereocenters. The summed E-state index contributed by atoms with van der Waals surface area (Å²) >= 11 is 0. The molecule has 0 saturated heterocycles. The van der Waals surface area contributed by atoms with Gasteiger partial charge in [0.05, 0.1) is 12.8 Å². The molecule has 0 aliphatic heterocycles. The number of methoxy groups -OCH3 is 1. The van der Waals surface area contributed by atoms with Gasteiger partial charge in [0.1, 0.15) is 11.6 Å². The number of halogens is 1. The van der Waals surface area contributed by atoms with Gasteiger partial charge in [-0.15, -0.1) is 5.10 Å². The summed E-state index contributed by atoms with van der Waals surface area (Å²) in [7, 11) is 1.59. The number of hydrogen-bond donors (Lipinski definition) is 2. The van der Waals surface area contributed by atoms with Gasteiger partial charge in [-0.2, -0.15) is 4.68 Å². The molecule has 0 radical (unpaired) electrons. The second-order valence-electron chi connectivity index (χ2n) is 5.24. The molecule has 0 bridgehead atoms. The first kappa shape index (κ1) is 16.4. The van der Waals surface area contributed by atoms with E-state index >= 15 is 0 Å². The molecule has 2 aromatic carbocycles. The average Bonchev–Trinajstić information content (AvgIpc) is 3.02. The maximum absolute atomic E-state index is 13.0. The highest BCUT2D eigenvalue weighted by Crippen LogP contribution is 2.16. The first-order valence-corrected chi connectivity index (χ1v) is 7.46. The number of ether oxygens (including phenoxy) is 1. The third-order valence-corrected chi connectivity index (χ3v) is 3.60. The van der Waals surface area contributed by atoms with Gasteiger partial charge < -0.3 is 15.8 Å². The minimum Gasteiger partial charge on any atom is -0.497 e. The fourth-order valence-electron chi connectivity index (χ4n) is 2.23. The van der Waals surface area contributed by atoms with Crippen molar-refractivity contribution in [3.8, 4) is 11.4 Å². The zero-order valence-electron chi connectivity index (χ0n) is 13.4. The summed E-state index contributed by atoms with van der Waals surface area (Å²) in [6.45, 7) is 0.311. The Balaban J connectivity index is 1.71. The molecular weight excluding hydrogens is 325 g/mol. The van der Waals surface area contributed by atoms with E-state index in [-0.39, 0.29) is 17.3 Å². The van der Waals surface area contributed by atoms with Crippen molar-refractivity contribution in [3.05, 3.63) is 65.6 Å². The molecule has 0 fully saturated rings. The van der Waals surface area contributed by atoms with E-state index in [0.29, 0.717) is 12.2 Å². The number of nitrogens with zero attached hydrogens (tertiary/aromatic N) is 3. The van der Waals surface area contributed by atoms with Crippen molar-refractivity contribution in [2.75, 3.05) is 12.8 Å². The van der Waals surface area contributed by atoms with Crippen LogP contribution in [0.1, 0.15) is 16.1 Å². The van der Waals surface area contributed by atoms with Crippen molar-refractivity contribution >= 4 is 11.7 Å². The van der Waals surface area contributed by atoms with Gasteiger partial charge in [0.2, 0.25) is 0 Å². The topological polar surface area (TPSA) is 95.1 Å². The lowest BCUT2D eigenvalue weighted by molar-refractivity contribution is 0.0947. The highest BCUT2D eigenvalue weighted by Gasteiger charge is 2.18. The van der Waals surface area contributed by atoms with E-state index in [2.05, 4.69) is 15.6 Å². The van der Waals surface area contributed by atoms with Crippen LogP contribution in [0.3, 0.4) is 0 Å². The molecule has 0 spiro atoms. The summed E-state index contributed by atoms with van der Waals surface area (Å²) in [5.41, 5.74) is 7.38. The molecule has 1 amide bonds. The molecule has 3 aromatic rings. The molecule has 128 valence electrons. The number of nitrogens with one attached hydrogen (secondary N) is 1. The summed E-state index contributed by atoms with van der Waals surface area (Å²) < 4.78 is 19.4. The summed E-state index contributed by atoms with van der Waals surface area (Å²) in [4.78, 5) is 12.3. The van der Waals surface area contributed by atoms with Gasteiger partial charge >= 0.3 is 0 Å². The standard InChI is InChI=1S/C17H16FN5O2/c1-25-14-8-2-11(3-9-14)10-20-17(24)15-16(19)23(22-21-15)13-6-4-12(18)5-7-13/h2-9H,10,19H2,1H3,(H,20,24). The van der Waals surface area contributed by atoms with Gasteiger partial charge in [-0.25, -0.2) is 4.39 Å². The van der Waals surface area contributed by atoms with E-state index in [1.54, 1.807) is 19.2 Å². The molecule has 8 heteroatoms. The van der Waals surface area contributed by atoms with E-state index in [9.17, 15) is 9.18 Å². The van der Waals surface area contributed by atoms with Crippen molar-refractivity contribution in [2.45, 2.75) is 6.54 Å². The number of carbonyl (C=O) groups is 1. The third kappa shape index (κ3) is 3.57. The number of hydrogen-bond acceptors (Lipinski definition) is 5. The van der Waals surface area contributed by atoms with E-state index in [4.69, 9.17) is 10.5 Å². The smallest absolute Gasteiger partial charge is 0.275 e. The number of rotatable bonds is 5. The molecule has 0 saturated carbocycles. The Morgan fingerprint density at radius 2 is 1.88 bits per heavy atom. The molecule has 25 heavy (non-hydrogen) atoms. The highest BCUT2D eigenvalue weighted by atomic mass is 19.1. The zero-order chi connectivity index (χ0) is 17.8. The fourth-order valence-corrected chi connectivity index (χ4v) is 2.23. The molecule has 3 rings (SSSR count). The van der Waals surface area contributed by atoms with Crippen molar-refractivity contribution in [3.63, 3.8) is 0 Å². The van der Waals surface area contributed by atoms with Gasteiger partial charge in [-0.1, -0.05) is 17.3 Å². The van der Waals surface area contributed by atoms with Crippen LogP contribution in [0, 0.1) is 5.82 Å². The van der Waals surface area contributed by atoms with E-state index in [1.165, 1.54) is 28.9 Å². The summed E-state index contributed by atoms with van der Waals surface area (Å²) in [6.07, 6.45) is 0. The average molecular weight is 341 g/mol. The number of benzene rings is 2. The van der Waals surface area contributed by atoms with E-state index < -0.39 is 5.91 Å². The number of nitrogens with two attached hydrogens (primary N) is 1. The number of nitrogen functional groups attached to an aromatic ring is 1. The number of amides is 1. The molecule has 0 aliphatic rings. The number of carbonyl (C=O) groups excluding carboxylic acids is 1. The van der Waals surface area contributed by atoms with Crippen LogP contribution in [0.15, 0.2) is 48.5 Å². The van der Waals surface area contributed by atoms with Crippen molar-refractivity contribution in [2.24, 2.45) is 0 Å². The van der Waals surface area contributed by atoms with Gasteiger partial charge in [-0.05, 0) is 42.0 Å². The van der Waals surface area contributed by atoms with Crippen LogP contribution in [0.5, 0.6) is 5.75 Å².